The van der Waals surface area contributed by atoms with Gasteiger partial charge in [-0.15, -0.1) is 0 Å². The third-order valence-electron chi connectivity index (χ3n) is 2.32. The highest BCUT2D eigenvalue weighted by molar-refractivity contribution is 9.10. The molecule has 0 bridgehead atoms. The highest BCUT2D eigenvalue weighted by atomic mass is 79.9. The van der Waals surface area contributed by atoms with Crippen molar-refractivity contribution in [1.82, 2.24) is 14.9 Å². The zero-order valence-electron chi connectivity index (χ0n) is 8.06. The SMILES string of the molecule is O=CN1CC[C@@H](Nc2ncc(Br)cn2)C1. The maximum absolute atomic E-state index is 10.5. The molecule has 6 heteroatoms. The Bertz CT molecular complexity index is 342. The molecule has 1 aliphatic heterocycles. The molecule has 1 amide bonds. The van der Waals surface area contributed by atoms with Crippen molar-refractivity contribution in [1.29, 1.82) is 0 Å². The van der Waals surface area contributed by atoms with Gasteiger partial charge in [-0.2, -0.15) is 0 Å². The second-order valence-corrected chi connectivity index (χ2v) is 4.37. The van der Waals surface area contributed by atoms with Gasteiger partial charge in [0.1, 0.15) is 0 Å². The lowest BCUT2D eigenvalue weighted by molar-refractivity contribution is -0.117. The summed E-state index contributed by atoms with van der Waals surface area (Å²) < 4.78 is 0.856. The van der Waals surface area contributed by atoms with Gasteiger partial charge in [-0.25, -0.2) is 9.97 Å². The fourth-order valence-corrected chi connectivity index (χ4v) is 1.78. The lowest BCUT2D eigenvalue weighted by atomic mass is 10.3. The summed E-state index contributed by atoms with van der Waals surface area (Å²) in [4.78, 5) is 20.5. The number of carbonyl (C=O) groups excluding carboxylic acids is 1. The molecular formula is C9H11BrN4O. The third-order valence-corrected chi connectivity index (χ3v) is 2.73. The number of carbonyl (C=O) groups is 1. The quantitative estimate of drug-likeness (QED) is 0.829. The first-order valence-corrected chi connectivity index (χ1v) is 5.50. The van der Waals surface area contributed by atoms with Crippen LogP contribution in [0.1, 0.15) is 6.42 Å². The first kappa shape index (κ1) is 10.4. The monoisotopic (exact) mass is 270 g/mol. The van der Waals surface area contributed by atoms with Crippen LogP contribution in [0.4, 0.5) is 5.95 Å². The summed E-state index contributed by atoms with van der Waals surface area (Å²) in [5.41, 5.74) is 0. The lowest BCUT2D eigenvalue weighted by Gasteiger charge is -2.12. The number of nitrogens with zero attached hydrogens (tertiary/aromatic N) is 3. The van der Waals surface area contributed by atoms with E-state index in [0.29, 0.717) is 5.95 Å². The molecule has 80 valence electrons. The maximum Gasteiger partial charge on any atom is 0.222 e. The van der Waals surface area contributed by atoms with Crippen LogP contribution in [-0.2, 0) is 4.79 Å². The van der Waals surface area contributed by atoms with Gasteiger partial charge in [-0.05, 0) is 22.4 Å². The smallest absolute Gasteiger partial charge is 0.222 e. The average Bonchev–Trinajstić information content (AvgIpc) is 2.69. The number of hydrogen-bond acceptors (Lipinski definition) is 4. The molecule has 0 aromatic carbocycles. The Balaban J connectivity index is 1.92. The van der Waals surface area contributed by atoms with Crippen LogP contribution >= 0.6 is 15.9 Å². The van der Waals surface area contributed by atoms with E-state index in [1.807, 2.05) is 0 Å². The minimum atomic E-state index is 0.261. The van der Waals surface area contributed by atoms with Crippen LogP contribution < -0.4 is 5.32 Å². The van der Waals surface area contributed by atoms with Crippen molar-refractivity contribution < 1.29 is 4.79 Å². The maximum atomic E-state index is 10.5. The van der Waals surface area contributed by atoms with Gasteiger partial charge in [0.25, 0.3) is 0 Å². The zero-order valence-corrected chi connectivity index (χ0v) is 9.64. The van der Waals surface area contributed by atoms with Crippen molar-refractivity contribution in [3.8, 4) is 0 Å². The molecule has 1 N–H and O–H groups in total. The topological polar surface area (TPSA) is 58.1 Å². The molecule has 2 rings (SSSR count). The van der Waals surface area contributed by atoms with Crippen LogP contribution in [0.2, 0.25) is 0 Å². The summed E-state index contributed by atoms with van der Waals surface area (Å²) in [5.74, 6) is 0.607. The van der Waals surface area contributed by atoms with Gasteiger partial charge in [-0.3, -0.25) is 4.79 Å². The second kappa shape index (κ2) is 4.57. The van der Waals surface area contributed by atoms with Gasteiger partial charge >= 0.3 is 0 Å². The van der Waals surface area contributed by atoms with Crippen molar-refractivity contribution in [2.75, 3.05) is 18.4 Å². The normalized spacial score (nSPS) is 20.3. The molecule has 1 fully saturated rings. The summed E-state index contributed by atoms with van der Waals surface area (Å²) >= 11 is 3.27. The predicted octanol–water partition coefficient (Wildman–Crippen LogP) is 0.882. The van der Waals surface area contributed by atoms with E-state index in [1.165, 1.54) is 0 Å². The summed E-state index contributed by atoms with van der Waals surface area (Å²) in [6, 6.07) is 0.261. The van der Waals surface area contributed by atoms with E-state index in [9.17, 15) is 4.79 Å². The van der Waals surface area contributed by atoms with Crippen molar-refractivity contribution >= 4 is 28.3 Å². The Hall–Kier alpha value is -1.17. The Morgan fingerprint density at radius 2 is 2.27 bits per heavy atom. The molecule has 1 aliphatic rings. The molecule has 15 heavy (non-hydrogen) atoms. The van der Waals surface area contributed by atoms with E-state index in [1.54, 1.807) is 17.3 Å². The molecule has 0 spiro atoms. The molecule has 1 aromatic heterocycles. The Labute approximate surface area is 96.0 Å². The minimum absolute atomic E-state index is 0.261. The van der Waals surface area contributed by atoms with E-state index < -0.39 is 0 Å². The number of amides is 1. The second-order valence-electron chi connectivity index (χ2n) is 3.46. The first-order chi connectivity index (χ1) is 7.28. The standard InChI is InChI=1S/C9H11BrN4O/c10-7-3-11-9(12-4-7)13-8-1-2-14(5-8)6-15/h3-4,6,8H,1-2,5H2,(H,11,12,13)/t8-/m1/s1. The Kier molecular flexibility index (Phi) is 3.15. The Morgan fingerprint density at radius 3 is 2.87 bits per heavy atom. The van der Waals surface area contributed by atoms with Gasteiger partial charge in [-0.1, -0.05) is 0 Å². The van der Waals surface area contributed by atoms with E-state index in [-0.39, 0.29) is 6.04 Å². The third kappa shape index (κ3) is 2.65. The highest BCUT2D eigenvalue weighted by Crippen LogP contribution is 2.12. The van der Waals surface area contributed by atoms with E-state index in [2.05, 4.69) is 31.2 Å². The van der Waals surface area contributed by atoms with Crippen LogP contribution in [0.5, 0.6) is 0 Å². The molecule has 2 heterocycles. The number of aromatic nitrogens is 2. The van der Waals surface area contributed by atoms with Crippen LogP contribution in [0.3, 0.4) is 0 Å². The predicted molar refractivity (Wildman–Crippen MR) is 59.4 cm³/mol. The molecule has 5 nitrogen and oxygen atoms in total. The molecule has 0 aliphatic carbocycles. The van der Waals surface area contributed by atoms with Crippen molar-refractivity contribution in [3.05, 3.63) is 16.9 Å². The number of nitrogens with one attached hydrogen (secondary N) is 1. The summed E-state index contributed by atoms with van der Waals surface area (Å²) in [6.45, 7) is 1.53. The average molecular weight is 271 g/mol. The van der Waals surface area contributed by atoms with E-state index in [4.69, 9.17) is 0 Å². The highest BCUT2D eigenvalue weighted by Gasteiger charge is 2.21. The first-order valence-electron chi connectivity index (χ1n) is 4.71. The molecular weight excluding hydrogens is 260 g/mol. The number of hydrogen-bond donors (Lipinski definition) is 1. The van der Waals surface area contributed by atoms with Crippen LogP contribution in [0.15, 0.2) is 16.9 Å². The van der Waals surface area contributed by atoms with Crippen molar-refractivity contribution in [3.63, 3.8) is 0 Å². The summed E-state index contributed by atoms with van der Waals surface area (Å²) in [5, 5.41) is 3.19. The number of halogens is 1. The van der Waals surface area contributed by atoms with Crippen molar-refractivity contribution in [2.45, 2.75) is 12.5 Å². The number of rotatable bonds is 3. The molecule has 0 radical (unpaired) electrons. The fraction of sp³-hybridized carbons (Fsp3) is 0.444. The van der Waals surface area contributed by atoms with Crippen LogP contribution in [-0.4, -0.2) is 40.4 Å². The molecule has 1 saturated heterocycles. The summed E-state index contributed by atoms with van der Waals surface area (Å²) in [6.07, 6.45) is 5.21. The largest absolute Gasteiger partial charge is 0.350 e. The fourth-order valence-electron chi connectivity index (χ4n) is 1.57. The van der Waals surface area contributed by atoms with Gasteiger partial charge in [0.05, 0.1) is 4.47 Å². The van der Waals surface area contributed by atoms with E-state index >= 15 is 0 Å². The van der Waals surface area contributed by atoms with Gasteiger partial charge in [0.15, 0.2) is 0 Å². The van der Waals surface area contributed by atoms with Gasteiger partial charge in [0.2, 0.25) is 12.4 Å². The van der Waals surface area contributed by atoms with Crippen LogP contribution in [0, 0.1) is 0 Å². The van der Waals surface area contributed by atoms with Gasteiger partial charge < -0.3 is 10.2 Å². The lowest BCUT2D eigenvalue weighted by Crippen LogP contribution is -2.25. The summed E-state index contributed by atoms with van der Waals surface area (Å²) in [7, 11) is 0. The van der Waals surface area contributed by atoms with Gasteiger partial charge in [0, 0.05) is 31.5 Å². The molecule has 1 aromatic rings. The number of anilines is 1. The number of likely N-dealkylation sites (tertiary alicyclic amines) is 1. The minimum Gasteiger partial charge on any atom is -0.350 e. The zero-order chi connectivity index (χ0) is 10.7. The van der Waals surface area contributed by atoms with Crippen LogP contribution in [0.25, 0.3) is 0 Å². The Morgan fingerprint density at radius 1 is 1.53 bits per heavy atom. The van der Waals surface area contributed by atoms with Crippen molar-refractivity contribution in [2.24, 2.45) is 0 Å². The molecule has 0 unspecified atom stereocenters. The molecule has 1 atom stereocenters. The molecule has 0 saturated carbocycles. The van der Waals surface area contributed by atoms with E-state index in [0.717, 1.165) is 30.4 Å².